The van der Waals surface area contributed by atoms with Gasteiger partial charge >= 0.3 is 6.09 Å². The number of carbonyl (C=O) groups excluding carboxylic acids is 1. The molecule has 150 valence electrons. The molecule has 27 heavy (non-hydrogen) atoms. The Kier molecular flexibility index (Phi) is 6.73. The van der Waals surface area contributed by atoms with Crippen molar-refractivity contribution in [3.05, 3.63) is 35.9 Å². The minimum atomic E-state index is -0.777. The van der Waals surface area contributed by atoms with E-state index in [4.69, 9.17) is 14.2 Å². The number of benzene rings is 1. The summed E-state index contributed by atoms with van der Waals surface area (Å²) in [5, 5.41) is 11.1. The van der Waals surface area contributed by atoms with E-state index in [1.165, 1.54) is 0 Å². The predicted molar refractivity (Wildman–Crippen MR) is 101 cm³/mol. The van der Waals surface area contributed by atoms with Crippen LogP contribution in [0.2, 0.25) is 0 Å². The maximum Gasteiger partial charge on any atom is 0.410 e. The maximum atomic E-state index is 12.7. The molecule has 6 nitrogen and oxygen atoms in total. The fourth-order valence-corrected chi connectivity index (χ4v) is 4.54. The molecule has 1 aromatic rings. The SMILES string of the molecule is COC(CCC1(O)CC2CCCC(C1)N2C(=O)OCc1ccccc1)OC. The molecule has 2 aliphatic rings. The van der Waals surface area contributed by atoms with E-state index in [9.17, 15) is 9.90 Å². The number of hydrogen-bond acceptors (Lipinski definition) is 5. The Balaban J connectivity index is 1.59. The normalized spacial score (nSPS) is 27.6. The lowest BCUT2D eigenvalue weighted by molar-refractivity contribution is -0.132. The molecule has 0 spiro atoms. The van der Waals surface area contributed by atoms with Crippen molar-refractivity contribution in [3.8, 4) is 0 Å². The van der Waals surface area contributed by atoms with Gasteiger partial charge in [-0.05, 0) is 44.1 Å². The molecule has 2 fully saturated rings. The summed E-state index contributed by atoms with van der Waals surface area (Å²) in [6, 6.07) is 9.79. The van der Waals surface area contributed by atoms with Crippen molar-refractivity contribution in [3.63, 3.8) is 0 Å². The molecule has 2 aliphatic heterocycles. The minimum absolute atomic E-state index is 0.0364. The summed E-state index contributed by atoms with van der Waals surface area (Å²) in [5.41, 5.74) is 0.205. The van der Waals surface area contributed by atoms with Crippen molar-refractivity contribution in [1.29, 1.82) is 0 Å². The van der Waals surface area contributed by atoms with Gasteiger partial charge in [-0.2, -0.15) is 0 Å². The maximum absolute atomic E-state index is 12.7. The number of carbonyl (C=O) groups is 1. The molecule has 3 rings (SSSR count). The predicted octanol–water partition coefficient (Wildman–Crippen LogP) is 3.47. The van der Waals surface area contributed by atoms with E-state index in [0.29, 0.717) is 25.7 Å². The second-order valence-electron chi connectivity index (χ2n) is 7.76. The molecule has 1 amide bonds. The van der Waals surface area contributed by atoms with Gasteiger partial charge in [0, 0.05) is 32.7 Å². The summed E-state index contributed by atoms with van der Waals surface area (Å²) in [6.45, 7) is 0.281. The van der Waals surface area contributed by atoms with Crippen LogP contribution in [0.3, 0.4) is 0 Å². The number of fused-ring (bicyclic) bond motifs is 2. The summed E-state index contributed by atoms with van der Waals surface area (Å²) in [7, 11) is 3.22. The van der Waals surface area contributed by atoms with Gasteiger partial charge in [-0.1, -0.05) is 30.3 Å². The molecule has 2 unspecified atom stereocenters. The summed E-state index contributed by atoms with van der Waals surface area (Å²) in [5.74, 6) is 0. The number of nitrogens with zero attached hydrogens (tertiary/aromatic N) is 1. The monoisotopic (exact) mass is 377 g/mol. The van der Waals surface area contributed by atoms with E-state index in [0.717, 1.165) is 24.8 Å². The van der Waals surface area contributed by atoms with Gasteiger partial charge in [0.25, 0.3) is 0 Å². The zero-order valence-electron chi connectivity index (χ0n) is 16.3. The van der Waals surface area contributed by atoms with Gasteiger partial charge in [0.1, 0.15) is 6.61 Å². The van der Waals surface area contributed by atoms with Crippen LogP contribution in [0.1, 0.15) is 50.5 Å². The number of hydrogen-bond donors (Lipinski definition) is 1. The third-order valence-corrected chi connectivity index (χ3v) is 5.88. The highest BCUT2D eigenvalue weighted by Gasteiger charge is 2.47. The van der Waals surface area contributed by atoms with Crippen molar-refractivity contribution >= 4 is 6.09 Å². The van der Waals surface area contributed by atoms with Crippen molar-refractivity contribution in [1.82, 2.24) is 4.90 Å². The van der Waals surface area contributed by atoms with Crippen LogP contribution in [0.4, 0.5) is 4.79 Å². The first-order valence-electron chi connectivity index (χ1n) is 9.81. The zero-order chi connectivity index (χ0) is 19.3. The number of methoxy groups -OCH3 is 2. The second kappa shape index (κ2) is 9.04. The minimum Gasteiger partial charge on any atom is -0.445 e. The van der Waals surface area contributed by atoms with E-state index in [2.05, 4.69) is 0 Å². The van der Waals surface area contributed by atoms with Gasteiger partial charge in [-0.3, -0.25) is 0 Å². The van der Waals surface area contributed by atoms with Crippen molar-refractivity contribution in [2.24, 2.45) is 0 Å². The van der Waals surface area contributed by atoms with E-state index < -0.39 is 5.60 Å². The lowest BCUT2D eigenvalue weighted by atomic mass is 9.74. The highest BCUT2D eigenvalue weighted by atomic mass is 16.7. The fourth-order valence-electron chi connectivity index (χ4n) is 4.54. The van der Waals surface area contributed by atoms with Crippen LogP contribution in [-0.2, 0) is 20.8 Å². The summed E-state index contributed by atoms with van der Waals surface area (Å²) >= 11 is 0. The molecule has 1 N–H and O–H groups in total. The van der Waals surface area contributed by atoms with Crippen molar-refractivity contribution < 1.29 is 24.1 Å². The van der Waals surface area contributed by atoms with Gasteiger partial charge in [0.05, 0.1) is 5.60 Å². The first-order valence-corrected chi connectivity index (χ1v) is 9.81. The molecular weight excluding hydrogens is 346 g/mol. The van der Waals surface area contributed by atoms with Gasteiger partial charge in [-0.25, -0.2) is 4.79 Å². The van der Waals surface area contributed by atoms with Crippen molar-refractivity contribution in [2.45, 2.75) is 75.5 Å². The lowest BCUT2D eigenvalue weighted by Gasteiger charge is -2.51. The molecule has 0 radical (unpaired) electrons. The highest BCUT2D eigenvalue weighted by molar-refractivity contribution is 5.69. The Hall–Kier alpha value is -1.63. The molecule has 0 saturated carbocycles. The zero-order valence-corrected chi connectivity index (χ0v) is 16.3. The summed E-state index contributed by atoms with van der Waals surface area (Å²) in [6.07, 6.45) is 4.78. The summed E-state index contributed by atoms with van der Waals surface area (Å²) in [4.78, 5) is 14.6. The van der Waals surface area contributed by atoms with Gasteiger partial charge in [0.15, 0.2) is 6.29 Å². The highest BCUT2D eigenvalue weighted by Crippen LogP contribution is 2.41. The number of piperidine rings is 2. The molecule has 2 saturated heterocycles. The smallest absolute Gasteiger partial charge is 0.410 e. The average Bonchev–Trinajstić information content (AvgIpc) is 2.67. The molecular formula is C21H31NO5. The largest absolute Gasteiger partial charge is 0.445 e. The van der Waals surface area contributed by atoms with E-state index >= 15 is 0 Å². The van der Waals surface area contributed by atoms with Gasteiger partial charge < -0.3 is 24.2 Å². The summed E-state index contributed by atoms with van der Waals surface area (Å²) < 4.78 is 16.1. The second-order valence-corrected chi connectivity index (χ2v) is 7.76. The number of aliphatic hydroxyl groups is 1. The molecule has 0 aliphatic carbocycles. The topological polar surface area (TPSA) is 68.2 Å². The Morgan fingerprint density at radius 2 is 1.81 bits per heavy atom. The Labute approximate surface area is 161 Å². The standard InChI is InChI=1S/C21H31NO5/c1-25-19(26-2)11-12-21(24)13-17-9-6-10-18(14-21)22(17)20(23)27-15-16-7-4-3-5-8-16/h3-5,7-8,17-19,24H,6,9-15H2,1-2H3. The first-order chi connectivity index (χ1) is 13.0. The Morgan fingerprint density at radius 1 is 1.19 bits per heavy atom. The lowest BCUT2D eigenvalue weighted by Crippen LogP contribution is -2.60. The van der Waals surface area contributed by atoms with Crippen LogP contribution in [0, 0.1) is 0 Å². The van der Waals surface area contributed by atoms with E-state index in [1.54, 1.807) is 14.2 Å². The third kappa shape index (κ3) is 5.00. The quantitative estimate of drug-likeness (QED) is 0.737. The van der Waals surface area contributed by atoms with Crippen LogP contribution in [0.25, 0.3) is 0 Å². The van der Waals surface area contributed by atoms with E-state index in [1.807, 2.05) is 35.2 Å². The average molecular weight is 377 g/mol. The Morgan fingerprint density at radius 3 is 2.41 bits per heavy atom. The van der Waals surface area contributed by atoms with Crippen LogP contribution >= 0.6 is 0 Å². The fraction of sp³-hybridized carbons (Fsp3) is 0.667. The van der Waals surface area contributed by atoms with Crippen molar-refractivity contribution in [2.75, 3.05) is 14.2 Å². The first kappa shape index (κ1) is 20.1. The molecule has 2 heterocycles. The van der Waals surface area contributed by atoms with Gasteiger partial charge in [-0.15, -0.1) is 0 Å². The number of rotatable bonds is 7. The third-order valence-electron chi connectivity index (χ3n) is 5.88. The van der Waals surface area contributed by atoms with Crippen LogP contribution in [-0.4, -0.2) is 54.3 Å². The Bertz CT molecular complexity index is 590. The number of ether oxygens (including phenoxy) is 3. The molecule has 1 aromatic carbocycles. The number of amides is 1. The molecule has 2 atom stereocenters. The van der Waals surface area contributed by atoms with Crippen LogP contribution < -0.4 is 0 Å². The van der Waals surface area contributed by atoms with Crippen LogP contribution in [0.5, 0.6) is 0 Å². The van der Waals surface area contributed by atoms with E-state index in [-0.39, 0.29) is 31.1 Å². The molecule has 6 heteroatoms. The van der Waals surface area contributed by atoms with Gasteiger partial charge in [0.2, 0.25) is 0 Å². The molecule has 2 bridgehead atoms. The molecule has 0 aromatic heterocycles. The van der Waals surface area contributed by atoms with Crippen LogP contribution in [0.15, 0.2) is 30.3 Å².